The Labute approximate surface area is 89.4 Å². The highest BCUT2D eigenvalue weighted by atomic mass is 16.6. The van der Waals surface area contributed by atoms with Crippen LogP contribution >= 0.6 is 0 Å². The first-order valence-corrected chi connectivity index (χ1v) is 5.16. The van der Waals surface area contributed by atoms with E-state index >= 15 is 0 Å². The van der Waals surface area contributed by atoms with Crippen molar-refractivity contribution in [1.82, 2.24) is 4.98 Å². The van der Waals surface area contributed by atoms with Gasteiger partial charge in [0.2, 0.25) is 0 Å². The lowest BCUT2D eigenvalue weighted by Crippen LogP contribution is -2.25. The van der Waals surface area contributed by atoms with Crippen LogP contribution in [-0.4, -0.2) is 23.0 Å². The van der Waals surface area contributed by atoms with E-state index in [-0.39, 0.29) is 0 Å². The Morgan fingerprint density at radius 1 is 1.60 bits per heavy atom. The highest BCUT2D eigenvalue weighted by molar-refractivity contribution is 5.64. The quantitative estimate of drug-likeness (QED) is 0.801. The Balaban J connectivity index is 2.08. The fourth-order valence-corrected chi connectivity index (χ4v) is 1.88. The molecule has 2 unspecified atom stereocenters. The van der Waals surface area contributed by atoms with E-state index in [1.165, 1.54) is 0 Å². The lowest BCUT2D eigenvalue weighted by molar-refractivity contribution is -0.131. The second-order valence-corrected chi connectivity index (χ2v) is 3.81. The SMILES string of the molecule is C=C(c1cccnc1)C1CCOC(O)C1. The second kappa shape index (κ2) is 4.55. The van der Waals surface area contributed by atoms with Gasteiger partial charge in [0.05, 0.1) is 6.61 Å². The number of rotatable bonds is 2. The lowest BCUT2D eigenvalue weighted by Gasteiger charge is -2.27. The van der Waals surface area contributed by atoms with Crippen LogP contribution in [0.15, 0.2) is 31.1 Å². The second-order valence-electron chi connectivity index (χ2n) is 3.81. The molecule has 1 saturated heterocycles. The molecule has 0 bridgehead atoms. The fourth-order valence-electron chi connectivity index (χ4n) is 1.88. The summed E-state index contributed by atoms with van der Waals surface area (Å²) in [4.78, 5) is 4.07. The predicted octanol–water partition coefficient (Wildman–Crippen LogP) is 1.84. The molecular weight excluding hydrogens is 190 g/mol. The van der Waals surface area contributed by atoms with Crippen molar-refractivity contribution in [2.24, 2.45) is 5.92 Å². The monoisotopic (exact) mass is 205 g/mol. The van der Waals surface area contributed by atoms with Crippen molar-refractivity contribution in [3.05, 3.63) is 36.7 Å². The van der Waals surface area contributed by atoms with Crippen molar-refractivity contribution in [2.75, 3.05) is 6.61 Å². The summed E-state index contributed by atoms with van der Waals surface area (Å²) in [5.74, 6) is 0.304. The van der Waals surface area contributed by atoms with Gasteiger partial charge in [-0.25, -0.2) is 0 Å². The number of aromatic nitrogens is 1. The molecule has 3 nitrogen and oxygen atoms in total. The van der Waals surface area contributed by atoms with Gasteiger partial charge in [-0.3, -0.25) is 4.98 Å². The van der Waals surface area contributed by atoms with Gasteiger partial charge in [0, 0.05) is 18.8 Å². The molecule has 0 aliphatic carbocycles. The van der Waals surface area contributed by atoms with Crippen molar-refractivity contribution in [3.8, 4) is 0 Å². The van der Waals surface area contributed by atoms with Gasteiger partial charge in [-0.2, -0.15) is 0 Å². The largest absolute Gasteiger partial charge is 0.368 e. The summed E-state index contributed by atoms with van der Waals surface area (Å²) >= 11 is 0. The molecule has 1 aromatic rings. The summed E-state index contributed by atoms with van der Waals surface area (Å²) < 4.78 is 5.09. The van der Waals surface area contributed by atoms with Gasteiger partial charge in [0.25, 0.3) is 0 Å². The summed E-state index contributed by atoms with van der Waals surface area (Å²) in [6.45, 7) is 4.68. The van der Waals surface area contributed by atoms with Gasteiger partial charge in [-0.15, -0.1) is 0 Å². The molecule has 0 aromatic carbocycles. The summed E-state index contributed by atoms with van der Waals surface area (Å²) in [5.41, 5.74) is 2.10. The van der Waals surface area contributed by atoms with E-state index in [0.29, 0.717) is 18.9 Å². The molecule has 1 aliphatic heterocycles. The summed E-state index contributed by atoms with van der Waals surface area (Å²) in [5, 5.41) is 9.40. The Morgan fingerprint density at radius 3 is 3.13 bits per heavy atom. The maximum atomic E-state index is 9.40. The number of aliphatic hydroxyl groups is 1. The average Bonchev–Trinajstić information content (AvgIpc) is 2.29. The highest BCUT2D eigenvalue weighted by Crippen LogP contribution is 2.30. The highest BCUT2D eigenvalue weighted by Gasteiger charge is 2.23. The number of nitrogens with zero attached hydrogens (tertiary/aromatic N) is 1. The molecule has 2 rings (SSSR count). The minimum absolute atomic E-state index is 0.304. The van der Waals surface area contributed by atoms with E-state index in [4.69, 9.17) is 4.74 Å². The maximum absolute atomic E-state index is 9.40. The molecule has 2 heterocycles. The Hall–Kier alpha value is -1.19. The number of hydrogen-bond acceptors (Lipinski definition) is 3. The van der Waals surface area contributed by atoms with Crippen LogP contribution in [-0.2, 0) is 4.74 Å². The number of allylic oxidation sites excluding steroid dienone is 1. The van der Waals surface area contributed by atoms with E-state index in [0.717, 1.165) is 17.6 Å². The van der Waals surface area contributed by atoms with Gasteiger partial charge >= 0.3 is 0 Å². The standard InChI is InChI=1S/C12H15NO2/c1-9(11-3-2-5-13-8-11)10-4-6-15-12(14)7-10/h2-3,5,8,10,12,14H,1,4,6-7H2. The van der Waals surface area contributed by atoms with Crippen LogP contribution in [0.25, 0.3) is 5.57 Å². The van der Waals surface area contributed by atoms with Crippen LogP contribution in [0.5, 0.6) is 0 Å². The zero-order valence-electron chi connectivity index (χ0n) is 8.60. The topological polar surface area (TPSA) is 42.4 Å². The van der Waals surface area contributed by atoms with Gasteiger partial charge in [-0.1, -0.05) is 12.6 Å². The molecule has 2 atom stereocenters. The first-order chi connectivity index (χ1) is 7.27. The third-order valence-corrected chi connectivity index (χ3v) is 2.79. The number of hydrogen-bond donors (Lipinski definition) is 1. The van der Waals surface area contributed by atoms with Crippen molar-refractivity contribution < 1.29 is 9.84 Å². The smallest absolute Gasteiger partial charge is 0.155 e. The molecule has 1 aliphatic rings. The summed E-state index contributed by atoms with van der Waals surface area (Å²) in [7, 11) is 0. The fraction of sp³-hybridized carbons (Fsp3) is 0.417. The van der Waals surface area contributed by atoms with E-state index in [1.807, 2.05) is 18.3 Å². The molecular formula is C12H15NO2. The van der Waals surface area contributed by atoms with Gasteiger partial charge in [0.1, 0.15) is 0 Å². The Bertz CT molecular complexity index is 337. The van der Waals surface area contributed by atoms with E-state index in [9.17, 15) is 5.11 Å². The first kappa shape index (κ1) is 10.3. The molecule has 0 saturated carbocycles. The van der Waals surface area contributed by atoms with Crippen LogP contribution in [0.2, 0.25) is 0 Å². The Morgan fingerprint density at radius 2 is 2.47 bits per heavy atom. The number of aliphatic hydroxyl groups excluding tert-OH is 1. The van der Waals surface area contributed by atoms with Crippen molar-refractivity contribution in [2.45, 2.75) is 19.1 Å². The van der Waals surface area contributed by atoms with E-state index < -0.39 is 6.29 Å². The molecule has 0 spiro atoms. The lowest BCUT2D eigenvalue weighted by atomic mass is 9.88. The third-order valence-electron chi connectivity index (χ3n) is 2.79. The predicted molar refractivity (Wildman–Crippen MR) is 58.0 cm³/mol. The van der Waals surface area contributed by atoms with Crippen LogP contribution < -0.4 is 0 Å². The third kappa shape index (κ3) is 2.43. The molecule has 0 amide bonds. The maximum Gasteiger partial charge on any atom is 0.155 e. The van der Waals surface area contributed by atoms with Gasteiger partial charge in [-0.05, 0) is 29.5 Å². The van der Waals surface area contributed by atoms with Crippen LogP contribution in [0.4, 0.5) is 0 Å². The minimum Gasteiger partial charge on any atom is -0.368 e. The molecule has 80 valence electrons. The number of pyridine rings is 1. The normalized spacial score (nSPS) is 26.2. The summed E-state index contributed by atoms with van der Waals surface area (Å²) in [6, 6.07) is 3.90. The Kier molecular flexibility index (Phi) is 3.14. The molecule has 1 fully saturated rings. The average molecular weight is 205 g/mol. The molecule has 15 heavy (non-hydrogen) atoms. The van der Waals surface area contributed by atoms with Gasteiger partial charge < -0.3 is 9.84 Å². The molecule has 1 aromatic heterocycles. The van der Waals surface area contributed by atoms with Crippen molar-refractivity contribution in [1.29, 1.82) is 0 Å². The first-order valence-electron chi connectivity index (χ1n) is 5.16. The van der Waals surface area contributed by atoms with E-state index in [1.54, 1.807) is 6.20 Å². The van der Waals surface area contributed by atoms with Crippen molar-refractivity contribution in [3.63, 3.8) is 0 Å². The number of ether oxygens (including phenoxy) is 1. The van der Waals surface area contributed by atoms with Crippen LogP contribution in [0.3, 0.4) is 0 Å². The zero-order chi connectivity index (χ0) is 10.7. The van der Waals surface area contributed by atoms with Gasteiger partial charge in [0.15, 0.2) is 6.29 Å². The summed E-state index contributed by atoms with van der Waals surface area (Å²) in [6.07, 6.45) is 4.47. The molecule has 3 heteroatoms. The van der Waals surface area contributed by atoms with Crippen molar-refractivity contribution >= 4 is 5.57 Å². The minimum atomic E-state index is -0.642. The zero-order valence-corrected chi connectivity index (χ0v) is 8.60. The molecule has 0 radical (unpaired) electrons. The van der Waals surface area contributed by atoms with Crippen LogP contribution in [0.1, 0.15) is 18.4 Å². The molecule has 1 N–H and O–H groups in total. The van der Waals surface area contributed by atoms with E-state index in [2.05, 4.69) is 11.6 Å². The van der Waals surface area contributed by atoms with Crippen LogP contribution in [0, 0.1) is 5.92 Å².